The van der Waals surface area contributed by atoms with Crippen molar-refractivity contribution >= 4 is 17.7 Å². The summed E-state index contributed by atoms with van der Waals surface area (Å²) >= 11 is 0. The molecule has 0 saturated carbocycles. The van der Waals surface area contributed by atoms with Crippen LogP contribution in [0.15, 0.2) is 42.5 Å². The summed E-state index contributed by atoms with van der Waals surface area (Å²) in [5.74, 6) is 0.386. The first-order valence-corrected chi connectivity index (χ1v) is 8.46. The highest BCUT2D eigenvalue weighted by molar-refractivity contribution is 5.93. The fraction of sp³-hybridized carbons (Fsp3) is 0.300. The van der Waals surface area contributed by atoms with E-state index in [4.69, 9.17) is 14.2 Å². The Morgan fingerprint density at radius 1 is 1.04 bits per heavy atom. The van der Waals surface area contributed by atoms with Crippen molar-refractivity contribution in [2.24, 2.45) is 0 Å². The van der Waals surface area contributed by atoms with Crippen LogP contribution < -0.4 is 14.8 Å². The van der Waals surface area contributed by atoms with Gasteiger partial charge < -0.3 is 19.3 Å². The van der Waals surface area contributed by atoms with Crippen LogP contribution >= 0.6 is 0 Å². The van der Waals surface area contributed by atoms with E-state index in [2.05, 4.69) is 5.32 Å². The summed E-state index contributed by atoms with van der Waals surface area (Å²) in [5.41, 5.74) is -0.483. The van der Waals surface area contributed by atoms with Crippen LogP contribution in [-0.2, 0) is 4.74 Å². The standard InChI is InChI=1S/C20H23NO6/c1-5-25-14-7-9-15(10-8-14)26-17-11-6-13(18(22)23)12-16(17)21-19(24)27-20(2,3)4/h6-12H,5H2,1-4H3,(H,21,24)(H,22,23). The molecule has 0 unspecified atom stereocenters. The van der Waals surface area contributed by atoms with E-state index in [9.17, 15) is 14.7 Å². The Bertz CT molecular complexity index is 808. The highest BCUT2D eigenvalue weighted by Crippen LogP contribution is 2.32. The molecule has 2 N–H and O–H groups in total. The highest BCUT2D eigenvalue weighted by Gasteiger charge is 2.19. The predicted octanol–water partition coefficient (Wildman–Crippen LogP) is 4.92. The van der Waals surface area contributed by atoms with Gasteiger partial charge in [-0.1, -0.05) is 0 Å². The summed E-state index contributed by atoms with van der Waals surface area (Å²) in [6.07, 6.45) is -0.707. The number of aromatic carboxylic acids is 1. The number of anilines is 1. The Kier molecular flexibility index (Phi) is 6.28. The smallest absolute Gasteiger partial charge is 0.412 e. The fourth-order valence-electron chi connectivity index (χ4n) is 2.16. The van der Waals surface area contributed by atoms with Crippen LogP contribution in [0.3, 0.4) is 0 Å². The Morgan fingerprint density at radius 3 is 2.22 bits per heavy atom. The lowest BCUT2D eigenvalue weighted by atomic mass is 10.2. The molecule has 7 nitrogen and oxygen atoms in total. The number of ether oxygens (including phenoxy) is 3. The van der Waals surface area contributed by atoms with Crippen molar-refractivity contribution in [3.05, 3.63) is 48.0 Å². The SMILES string of the molecule is CCOc1ccc(Oc2ccc(C(=O)O)cc2NC(=O)OC(C)(C)C)cc1. The highest BCUT2D eigenvalue weighted by atomic mass is 16.6. The molecule has 0 radical (unpaired) electrons. The zero-order valence-electron chi connectivity index (χ0n) is 15.7. The average Bonchev–Trinajstić information content (AvgIpc) is 2.56. The second-order valence-corrected chi connectivity index (χ2v) is 6.65. The third-order valence-corrected chi connectivity index (χ3v) is 3.22. The summed E-state index contributed by atoms with van der Waals surface area (Å²) in [5, 5.41) is 11.7. The van der Waals surface area contributed by atoms with Gasteiger partial charge >= 0.3 is 12.1 Å². The molecule has 0 aliphatic carbocycles. The van der Waals surface area contributed by atoms with Gasteiger partial charge in [-0.15, -0.1) is 0 Å². The number of carbonyl (C=O) groups excluding carboxylic acids is 1. The van der Waals surface area contributed by atoms with Crippen molar-refractivity contribution < 1.29 is 28.9 Å². The van der Waals surface area contributed by atoms with Gasteiger partial charge in [-0.2, -0.15) is 0 Å². The third-order valence-electron chi connectivity index (χ3n) is 3.22. The molecule has 0 aromatic heterocycles. The molecule has 0 spiro atoms. The molecule has 0 saturated heterocycles. The van der Waals surface area contributed by atoms with E-state index in [-0.39, 0.29) is 17.0 Å². The first kappa shape index (κ1) is 20.1. The van der Waals surface area contributed by atoms with Crippen molar-refractivity contribution in [3.63, 3.8) is 0 Å². The van der Waals surface area contributed by atoms with E-state index < -0.39 is 17.7 Å². The molecule has 7 heteroatoms. The minimum Gasteiger partial charge on any atom is -0.494 e. The molecule has 0 heterocycles. The first-order chi connectivity index (χ1) is 12.7. The zero-order valence-corrected chi connectivity index (χ0v) is 15.7. The lowest BCUT2D eigenvalue weighted by Crippen LogP contribution is -2.27. The molecule has 144 valence electrons. The van der Waals surface area contributed by atoms with Crippen LogP contribution in [0.4, 0.5) is 10.5 Å². The molecule has 2 aromatic carbocycles. The van der Waals surface area contributed by atoms with Gasteiger partial charge in [-0.05, 0) is 70.2 Å². The van der Waals surface area contributed by atoms with Crippen LogP contribution in [-0.4, -0.2) is 29.4 Å². The second-order valence-electron chi connectivity index (χ2n) is 6.65. The van der Waals surface area contributed by atoms with Gasteiger partial charge in [0, 0.05) is 0 Å². The van der Waals surface area contributed by atoms with Gasteiger partial charge in [0.15, 0.2) is 5.75 Å². The Labute approximate surface area is 157 Å². The molecule has 27 heavy (non-hydrogen) atoms. The number of hydrogen-bond acceptors (Lipinski definition) is 5. The Hall–Kier alpha value is -3.22. The van der Waals surface area contributed by atoms with Gasteiger partial charge in [0.2, 0.25) is 0 Å². The van der Waals surface area contributed by atoms with Crippen LogP contribution in [0.2, 0.25) is 0 Å². The molecular formula is C20H23NO6. The van der Waals surface area contributed by atoms with E-state index >= 15 is 0 Å². The summed E-state index contributed by atoms with van der Waals surface area (Å²) in [4.78, 5) is 23.3. The predicted molar refractivity (Wildman–Crippen MR) is 101 cm³/mol. The van der Waals surface area contributed by atoms with Gasteiger partial charge in [0.25, 0.3) is 0 Å². The molecular weight excluding hydrogens is 350 g/mol. The average molecular weight is 373 g/mol. The van der Waals surface area contributed by atoms with Crippen LogP contribution in [0.1, 0.15) is 38.1 Å². The number of hydrogen-bond donors (Lipinski definition) is 2. The molecule has 1 amide bonds. The molecule has 0 bridgehead atoms. The minimum atomic E-state index is -1.12. The number of carboxylic acid groups (broad SMARTS) is 1. The van der Waals surface area contributed by atoms with E-state index in [0.29, 0.717) is 18.1 Å². The molecule has 0 aliphatic heterocycles. The number of benzene rings is 2. The number of carbonyl (C=O) groups is 2. The fourth-order valence-corrected chi connectivity index (χ4v) is 2.16. The van der Waals surface area contributed by atoms with E-state index in [1.54, 1.807) is 45.0 Å². The monoisotopic (exact) mass is 373 g/mol. The maximum Gasteiger partial charge on any atom is 0.412 e. The number of nitrogens with one attached hydrogen (secondary N) is 1. The lowest BCUT2D eigenvalue weighted by molar-refractivity contribution is 0.0632. The summed E-state index contributed by atoms with van der Waals surface area (Å²) in [6.45, 7) is 7.65. The summed E-state index contributed by atoms with van der Waals surface area (Å²) < 4.78 is 16.4. The second kappa shape index (κ2) is 8.44. The van der Waals surface area contributed by atoms with Crippen LogP contribution in [0.25, 0.3) is 0 Å². The molecule has 0 atom stereocenters. The van der Waals surface area contributed by atoms with Gasteiger partial charge in [-0.3, -0.25) is 5.32 Å². The maximum absolute atomic E-state index is 12.1. The third kappa shape index (κ3) is 6.22. The van der Waals surface area contributed by atoms with Gasteiger partial charge in [-0.25, -0.2) is 9.59 Å². The molecule has 2 rings (SSSR count). The summed E-state index contributed by atoms with van der Waals surface area (Å²) in [7, 11) is 0. The largest absolute Gasteiger partial charge is 0.494 e. The van der Waals surface area contributed by atoms with E-state index in [1.165, 1.54) is 18.2 Å². The normalized spacial score (nSPS) is 10.8. The number of carboxylic acids is 1. The summed E-state index contributed by atoms with van der Waals surface area (Å²) in [6, 6.07) is 11.1. The lowest BCUT2D eigenvalue weighted by Gasteiger charge is -2.20. The first-order valence-electron chi connectivity index (χ1n) is 8.46. The minimum absolute atomic E-state index is 0.0140. The van der Waals surface area contributed by atoms with Crippen molar-refractivity contribution in [1.82, 2.24) is 0 Å². The van der Waals surface area contributed by atoms with Crippen LogP contribution in [0, 0.1) is 0 Å². The van der Waals surface area contributed by atoms with Gasteiger partial charge in [0.1, 0.15) is 17.1 Å². The molecule has 2 aromatic rings. The Balaban J connectivity index is 2.26. The topological polar surface area (TPSA) is 94.1 Å². The molecule has 0 aliphatic rings. The van der Waals surface area contributed by atoms with Crippen molar-refractivity contribution in [2.75, 3.05) is 11.9 Å². The van der Waals surface area contributed by atoms with E-state index in [0.717, 1.165) is 0 Å². The zero-order chi connectivity index (χ0) is 20.0. The Morgan fingerprint density at radius 2 is 1.67 bits per heavy atom. The maximum atomic E-state index is 12.1. The number of rotatable bonds is 6. The number of amides is 1. The van der Waals surface area contributed by atoms with Crippen molar-refractivity contribution in [1.29, 1.82) is 0 Å². The molecule has 0 fully saturated rings. The van der Waals surface area contributed by atoms with E-state index in [1.807, 2.05) is 6.92 Å². The van der Waals surface area contributed by atoms with Crippen LogP contribution in [0.5, 0.6) is 17.2 Å². The van der Waals surface area contributed by atoms with Gasteiger partial charge in [0.05, 0.1) is 17.9 Å². The van der Waals surface area contributed by atoms with Crippen molar-refractivity contribution in [2.45, 2.75) is 33.3 Å². The van der Waals surface area contributed by atoms with Crippen molar-refractivity contribution in [3.8, 4) is 17.2 Å². The quantitative estimate of drug-likeness (QED) is 0.746.